The number of fused-ring (bicyclic) bond motifs is 1. The fourth-order valence-electron chi connectivity index (χ4n) is 2.93. The highest BCUT2D eigenvalue weighted by atomic mass is 32.2. The highest BCUT2D eigenvalue weighted by Gasteiger charge is 2.31. The van der Waals surface area contributed by atoms with E-state index in [0.29, 0.717) is 5.56 Å². The van der Waals surface area contributed by atoms with Crippen molar-refractivity contribution in [2.45, 2.75) is 17.9 Å². The maximum Gasteiger partial charge on any atom is 0.326 e. The molecule has 2 aromatic rings. The van der Waals surface area contributed by atoms with Gasteiger partial charge in [0.25, 0.3) is 15.9 Å². The molecule has 152 valence electrons. The minimum absolute atomic E-state index is 0.101. The molecule has 0 fully saturated rings. The molecule has 0 aliphatic carbocycles. The lowest BCUT2D eigenvalue weighted by Crippen LogP contribution is -2.35. The molecule has 3 rings (SSSR count). The lowest BCUT2D eigenvalue weighted by atomic mass is 10.1. The van der Waals surface area contributed by atoms with Crippen LogP contribution in [0.15, 0.2) is 63.9 Å². The third kappa shape index (κ3) is 4.80. The summed E-state index contributed by atoms with van der Waals surface area (Å²) in [5.74, 6) is -0.928. The van der Waals surface area contributed by atoms with Crippen LogP contribution in [0.5, 0.6) is 0 Å². The monoisotopic (exact) mass is 415 g/mol. The average Bonchev–Trinajstić information content (AvgIpc) is 2.98. The van der Waals surface area contributed by atoms with Gasteiger partial charge in [0.15, 0.2) is 12.4 Å². The van der Waals surface area contributed by atoms with E-state index >= 15 is 0 Å². The molecule has 1 atom stereocenters. The number of likely N-dealkylation sites (N-methyl/N-ethyl adjacent to an activating group) is 1. The molecule has 1 aliphatic rings. The van der Waals surface area contributed by atoms with Crippen LogP contribution in [0.1, 0.15) is 24.1 Å². The topological polar surface area (TPSA) is 105 Å². The predicted molar refractivity (Wildman–Crippen MR) is 107 cm³/mol. The number of hydrogen-bond acceptors (Lipinski definition) is 6. The van der Waals surface area contributed by atoms with Gasteiger partial charge in [0, 0.05) is 12.6 Å². The van der Waals surface area contributed by atoms with Gasteiger partial charge in [0.2, 0.25) is 0 Å². The Balaban J connectivity index is 1.53. The first-order chi connectivity index (χ1) is 13.8. The molecule has 0 aromatic heterocycles. The van der Waals surface area contributed by atoms with Crippen molar-refractivity contribution in [3.63, 3.8) is 0 Å². The molecule has 0 spiro atoms. The van der Waals surface area contributed by atoms with Crippen molar-refractivity contribution in [2.24, 2.45) is 4.40 Å². The smallest absolute Gasteiger partial charge is 0.326 e. The Morgan fingerprint density at radius 1 is 1.10 bits per heavy atom. The van der Waals surface area contributed by atoms with E-state index in [1.165, 1.54) is 18.0 Å². The van der Waals surface area contributed by atoms with E-state index in [1.807, 2.05) is 37.3 Å². The van der Waals surface area contributed by atoms with Crippen molar-refractivity contribution in [1.82, 2.24) is 10.2 Å². The van der Waals surface area contributed by atoms with Crippen LogP contribution in [0.3, 0.4) is 0 Å². The molecular weight excluding hydrogens is 394 g/mol. The molecule has 0 saturated carbocycles. The Kier molecular flexibility index (Phi) is 5.97. The summed E-state index contributed by atoms with van der Waals surface area (Å²) in [6, 6.07) is 15.6. The van der Waals surface area contributed by atoms with Crippen LogP contribution >= 0.6 is 0 Å². The van der Waals surface area contributed by atoms with Gasteiger partial charge in [-0.2, -0.15) is 8.42 Å². The normalized spacial score (nSPS) is 15.0. The number of ether oxygens (including phenoxy) is 1. The van der Waals surface area contributed by atoms with Crippen LogP contribution in [-0.4, -0.2) is 51.2 Å². The minimum Gasteiger partial charge on any atom is -0.454 e. The number of amidine groups is 1. The molecule has 8 nitrogen and oxygen atoms in total. The lowest BCUT2D eigenvalue weighted by Gasteiger charge is -2.18. The second-order valence-corrected chi connectivity index (χ2v) is 8.18. The zero-order valence-corrected chi connectivity index (χ0v) is 16.8. The molecule has 0 bridgehead atoms. The van der Waals surface area contributed by atoms with E-state index in [2.05, 4.69) is 9.71 Å². The van der Waals surface area contributed by atoms with E-state index < -0.39 is 28.5 Å². The van der Waals surface area contributed by atoms with Crippen LogP contribution in [-0.2, 0) is 24.3 Å². The Morgan fingerprint density at radius 3 is 2.48 bits per heavy atom. The second kappa shape index (κ2) is 8.44. The number of nitrogens with one attached hydrogen (secondary N) is 1. The van der Waals surface area contributed by atoms with E-state index in [1.54, 1.807) is 18.2 Å². The summed E-state index contributed by atoms with van der Waals surface area (Å²) in [5, 5.41) is 2.75. The van der Waals surface area contributed by atoms with E-state index in [-0.39, 0.29) is 23.3 Å². The van der Waals surface area contributed by atoms with Crippen molar-refractivity contribution in [3.05, 3.63) is 65.7 Å². The number of carbonyl (C=O) groups excluding carboxylic acids is 2. The van der Waals surface area contributed by atoms with Crippen molar-refractivity contribution in [2.75, 3.05) is 20.2 Å². The maximum atomic E-state index is 12.1. The number of sulfonamides is 1. The van der Waals surface area contributed by atoms with Gasteiger partial charge in [-0.1, -0.05) is 42.5 Å². The van der Waals surface area contributed by atoms with Crippen molar-refractivity contribution in [1.29, 1.82) is 0 Å². The fourth-order valence-corrected chi connectivity index (χ4v) is 4.18. The van der Waals surface area contributed by atoms with Crippen molar-refractivity contribution < 1.29 is 22.7 Å². The summed E-state index contributed by atoms with van der Waals surface area (Å²) < 4.78 is 33.0. The number of amides is 1. The van der Waals surface area contributed by atoms with Gasteiger partial charge in [0.05, 0.1) is 6.04 Å². The van der Waals surface area contributed by atoms with Gasteiger partial charge in [-0.15, -0.1) is 4.40 Å². The quantitative estimate of drug-likeness (QED) is 0.717. The van der Waals surface area contributed by atoms with Crippen molar-refractivity contribution in [3.8, 4) is 0 Å². The molecule has 0 unspecified atom stereocenters. The highest BCUT2D eigenvalue weighted by Crippen LogP contribution is 2.26. The molecule has 0 radical (unpaired) electrons. The Hall–Kier alpha value is -3.20. The Labute approximate surface area is 169 Å². The molecular formula is C20H21N3O5S. The largest absolute Gasteiger partial charge is 0.454 e. The van der Waals surface area contributed by atoms with E-state index in [9.17, 15) is 18.0 Å². The number of rotatable bonds is 6. The number of esters is 1. The second-order valence-electron chi connectivity index (χ2n) is 6.60. The third-order valence-corrected chi connectivity index (χ3v) is 5.71. The first-order valence-electron chi connectivity index (χ1n) is 8.93. The summed E-state index contributed by atoms with van der Waals surface area (Å²) in [6.07, 6.45) is 0. The number of benzene rings is 2. The SMILES string of the molecule is C[C@H](NC(=O)COC(=O)CN(C)C1=NS(=O)(=O)c2ccccc21)c1ccccc1. The molecule has 2 aromatic carbocycles. The molecule has 29 heavy (non-hydrogen) atoms. The van der Waals surface area contributed by atoms with Gasteiger partial charge in [-0.3, -0.25) is 9.59 Å². The van der Waals surface area contributed by atoms with E-state index in [0.717, 1.165) is 5.56 Å². The Bertz CT molecular complexity index is 1050. The Morgan fingerprint density at radius 2 is 1.76 bits per heavy atom. The van der Waals surface area contributed by atoms with Gasteiger partial charge >= 0.3 is 5.97 Å². The first-order valence-corrected chi connectivity index (χ1v) is 10.4. The van der Waals surface area contributed by atoms with Gasteiger partial charge < -0.3 is 15.0 Å². The van der Waals surface area contributed by atoms with Gasteiger partial charge in [-0.05, 0) is 24.6 Å². The lowest BCUT2D eigenvalue weighted by molar-refractivity contribution is -0.148. The summed E-state index contributed by atoms with van der Waals surface area (Å²) in [4.78, 5) is 25.6. The maximum absolute atomic E-state index is 12.1. The molecule has 1 N–H and O–H groups in total. The summed E-state index contributed by atoms with van der Waals surface area (Å²) in [5.41, 5.74) is 1.36. The van der Waals surface area contributed by atoms with Crippen molar-refractivity contribution >= 4 is 27.7 Å². The number of hydrogen-bond donors (Lipinski definition) is 1. The third-order valence-electron chi connectivity index (χ3n) is 4.38. The zero-order valence-electron chi connectivity index (χ0n) is 16.0. The first kappa shape index (κ1) is 20.5. The molecule has 1 amide bonds. The van der Waals surface area contributed by atoms with Gasteiger partial charge in [0.1, 0.15) is 11.4 Å². The summed E-state index contributed by atoms with van der Waals surface area (Å²) in [7, 11) is -2.23. The van der Waals surface area contributed by atoms with Gasteiger partial charge in [-0.25, -0.2) is 0 Å². The predicted octanol–water partition coefficient (Wildman–Crippen LogP) is 1.49. The van der Waals surface area contributed by atoms with Crippen LogP contribution in [0.25, 0.3) is 0 Å². The molecule has 9 heteroatoms. The zero-order chi connectivity index (χ0) is 21.0. The number of nitrogens with zero attached hydrogens (tertiary/aromatic N) is 2. The average molecular weight is 415 g/mol. The highest BCUT2D eigenvalue weighted by molar-refractivity contribution is 7.90. The summed E-state index contributed by atoms with van der Waals surface area (Å²) in [6.45, 7) is 1.16. The standard InChI is InChI=1S/C20H21N3O5S/c1-14(15-8-4-3-5-9-15)21-18(24)13-28-19(25)12-23(2)20-16-10-6-7-11-17(16)29(26,27)22-20/h3-11,14H,12-13H2,1-2H3,(H,21,24)/t14-/m0/s1. The minimum atomic E-state index is -3.77. The van der Waals surface area contributed by atoms with Crippen LogP contribution < -0.4 is 5.32 Å². The fraction of sp³-hybridized carbons (Fsp3) is 0.250. The molecule has 0 saturated heterocycles. The van der Waals surface area contributed by atoms with Crippen LogP contribution in [0.2, 0.25) is 0 Å². The van der Waals surface area contributed by atoms with E-state index in [4.69, 9.17) is 4.74 Å². The summed E-state index contributed by atoms with van der Waals surface area (Å²) >= 11 is 0. The molecule has 1 heterocycles. The van der Waals surface area contributed by atoms with Crippen LogP contribution in [0.4, 0.5) is 0 Å². The number of carbonyl (C=O) groups is 2. The molecule has 1 aliphatic heterocycles. The van der Waals surface area contributed by atoms with Crippen LogP contribution in [0, 0.1) is 0 Å².